The van der Waals surface area contributed by atoms with Crippen molar-refractivity contribution >= 4 is 11.8 Å². The Hall–Kier alpha value is -4.93. The summed E-state index contributed by atoms with van der Waals surface area (Å²) in [5.74, 6) is -1.94. The van der Waals surface area contributed by atoms with Gasteiger partial charge in [-0.3, -0.25) is 4.79 Å². The monoisotopic (exact) mass is 626 g/mol. The van der Waals surface area contributed by atoms with Gasteiger partial charge in [0.15, 0.2) is 0 Å². The van der Waals surface area contributed by atoms with E-state index in [2.05, 4.69) is 36.8 Å². The molecule has 1 aromatic carbocycles. The molecule has 4 aromatic rings. The highest BCUT2D eigenvalue weighted by Gasteiger charge is 2.38. The molecule has 4 heterocycles. The SMILES string of the molecule is CN1CCN(c2cc(Cn3cc(-c4nnc(-c5ccc(OC(F)(F)F)cc5)o4)ccc3=O)ccn2)CC1.O=C(O)C(F)(F)F. The minimum atomic E-state index is -5.08. The average Bonchev–Trinajstić information content (AvgIpc) is 3.45. The molecule has 1 saturated heterocycles. The van der Waals surface area contributed by atoms with Crippen LogP contribution in [0.5, 0.6) is 5.75 Å². The molecule has 5 rings (SSSR count). The zero-order valence-corrected chi connectivity index (χ0v) is 22.8. The third kappa shape index (κ3) is 8.79. The molecular formula is C27H24F6N6O5. The van der Waals surface area contributed by atoms with E-state index in [0.717, 1.165) is 49.7 Å². The highest BCUT2D eigenvalue weighted by atomic mass is 19.4. The van der Waals surface area contributed by atoms with E-state index in [1.54, 1.807) is 23.0 Å². The maximum atomic E-state index is 12.6. The molecule has 44 heavy (non-hydrogen) atoms. The molecule has 0 radical (unpaired) electrons. The van der Waals surface area contributed by atoms with Gasteiger partial charge in [0.2, 0.25) is 11.8 Å². The van der Waals surface area contributed by atoms with Crippen LogP contribution in [0.3, 0.4) is 0 Å². The number of nitrogens with zero attached hydrogens (tertiary/aromatic N) is 6. The Balaban J connectivity index is 0.000000566. The number of benzene rings is 1. The number of hydrogen-bond donors (Lipinski definition) is 1. The number of piperazine rings is 1. The van der Waals surface area contributed by atoms with Crippen LogP contribution >= 0.6 is 0 Å². The first-order valence-corrected chi connectivity index (χ1v) is 12.8. The van der Waals surface area contributed by atoms with Crippen LogP contribution in [0, 0.1) is 0 Å². The standard InChI is InChI=1S/C25H23F3N6O3.C2HF3O2/c1-32-10-12-33(13-11-32)21-14-17(8-9-29-21)15-34-16-19(4-7-22(34)35)24-31-30-23(36-24)18-2-5-20(6-3-18)37-25(26,27)28;3-2(4,5)1(6)7/h2-9,14,16H,10-13,15H2,1H3;(H,6,7). The van der Waals surface area contributed by atoms with Crippen LogP contribution in [-0.2, 0) is 11.3 Å². The topological polar surface area (TPSA) is 127 Å². The van der Waals surface area contributed by atoms with Crippen molar-refractivity contribution < 1.29 is 45.4 Å². The first kappa shape index (κ1) is 32.0. The number of carboxylic acid groups (broad SMARTS) is 1. The quantitative estimate of drug-likeness (QED) is 0.310. The van der Waals surface area contributed by atoms with Gasteiger partial charge in [0.1, 0.15) is 11.6 Å². The predicted octanol–water partition coefficient (Wildman–Crippen LogP) is 4.29. The van der Waals surface area contributed by atoms with Crippen LogP contribution in [0.4, 0.5) is 32.2 Å². The number of hydrogen-bond acceptors (Lipinski definition) is 9. The number of anilines is 1. The van der Waals surface area contributed by atoms with Gasteiger partial charge in [-0.1, -0.05) is 0 Å². The molecule has 1 fully saturated rings. The van der Waals surface area contributed by atoms with Crippen molar-refractivity contribution in [3.05, 3.63) is 76.8 Å². The van der Waals surface area contributed by atoms with Gasteiger partial charge in [-0.25, -0.2) is 9.78 Å². The van der Waals surface area contributed by atoms with E-state index >= 15 is 0 Å². The van der Waals surface area contributed by atoms with Crippen LogP contribution in [0.2, 0.25) is 0 Å². The number of likely N-dealkylation sites (N-methyl/N-ethyl adjacent to an activating group) is 1. The Morgan fingerprint density at radius 3 is 2.11 bits per heavy atom. The second kappa shape index (κ2) is 13.2. The summed E-state index contributed by atoms with van der Waals surface area (Å²) in [5, 5.41) is 15.2. The van der Waals surface area contributed by atoms with Crippen LogP contribution in [-0.4, -0.2) is 81.5 Å². The Morgan fingerprint density at radius 2 is 1.52 bits per heavy atom. The molecule has 0 spiro atoms. The van der Waals surface area contributed by atoms with Gasteiger partial charge in [0.05, 0.1) is 12.1 Å². The Bertz CT molecular complexity index is 1630. The van der Waals surface area contributed by atoms with Gasteiger partial charge < -0.3 is 28.6 Å². The van der Waals surface area contributed by atoms with Gasteiger partial charge >= 0.3 is 18.5 Å². The number of rotatable bonds is 6. The van der Waals surface area contributed by atoms with Crippen LogP contribution < -0.4 is 15.2 Å². The van der Waals surface area contributed by atoms with Crippen molar-refractivity contribution in [1.29, 1.82) is 0 Å². The van der Waals surface area contributed by atoms with Gasteiger partial charge in [-0.05, 0) is 55.1 Å². The molecule has 11 nitrogen and oxygen atoms in total. The lowest BCUT2D eigenvalue weighted by Crippen LogP contribution is -2.44. The van der Waals surface area contributed by atoms with E-state index < -0.39 is 18.5 Å². The van der Waals surface area contributed by atoms with Crippen LogP contribution in [0.25, 0.3) is 22.9 Å². The number of alkyl halides is 6. The molecule has 234 valence electrons. The lowest BCUT2D eigenvalue weighted by molar-refractivity contribution is -0.274. The second-order valence-corrected chi connectivity index (χ2v) is 9.48. The van der Waals surface area contributed by atoms with E-state index in [1.807, 2.05) is 12.1 Å². The Kier molecular flexibility index (Phi) is 9.56. The summed E-state index contributed by atoms with van der Waals surface area (Å²) in [6.07, 6.45) is -6.48. The largest absolute Gasteiger partial charge is 0.573 e. The van der Waals surface area contributed by atoms with Crippen molar-refractivity contribution in [1.82, 2.24) is 24.6 Å². The second-order valence-electron chi connectivity index (χ2n) is 9.48. The van der Waals surface area contributed by atoms with Crippen molar-refractivity contribution in [3.63, 3.8) is 0 Å². The Morgan fingerprint density at radius 1 is 0.932 bits per heavy atom. The highest BCUT2D eigenvalue weighted by Crippen LogP contribution is 2.28. The predicted molar refractivity (Wildman–Crippen MR) is 143 cm³/mol. The number of carbonyl (C=O) groups is 1. The van der Waals surface area contributed by atoms with Crippen LogP contribution in [0.1, 0.15) is 5.56 Å². The molecule has 1 aliphatic heterocycles. The zero-order valence-electron chi connectivity index (χ0n) is 22.8. The Labute approximate surface area is 244 Å². The molecule has 17 heteroatoms. The zero-order chi connectivity index (χ0) is 32.1. The minimum Gasteiger partial charge on any atom is -0.475 e. The third-order valence-electron chi connectivity index (χ3n) is 6.22. The molecule has 0 aliphatic carbocycles. The fourth-order valence-electron chi connectivity index (χ4n) is 4.00. The molecule has 0 bridgehead atoms. The normalized spacial score (nSPS) is 14.1. The first-order chi connectivity index (χ1) is 20.7. The maximum absolute atomic E-state index is 12.6. The average molecular weight is 627 g/mol. The highest BCUT2D eigenvalue weighted by molar-refractivity contribution is 5.73. The maximum Gasteiger partial charge on any atom is 0.573 e. The number of carboxylic acids is 1. The van der Waals surface area contributed by atoms with E-state index in [-0.39, 0.29) is 23.1 Å². The lowest BCUT2D eigenvalue weighted by Gasteiger charge is -2.33. The molecule has 1 N–H and O–H groups in total. The van der Waals surface area contributed by atoms with Crippen LogP contribution in [0.15, 0.2) is 70.1 Å². The smallest absolute Gasteiger partial charge is 0.475 e. The fraction of sp³-hybridized carbons (Fsp3) is 0.296. The summed E-state index contributed by atoms with van der Waals surface area (Å²) in [7, 11) is 2.09. The van der Waals surface area contributed by atoms with E-state index in [1.165, 1.54) is 18.2 Å². The molecule has 1 aliphatic rings. The number of aromatic nitrogens is 4. The minimum absolute atomic E-state index is 0.122. The number of ether oxygens (including phenoxy) is 1. The summed E-state index contributed by atoms with van der Waals surface area (Å²) in [6.45, 7) is 4.04. The number of halogens is 6. The van der Waals surface area contributed by atoms with Gasteiger partial charge in [-0.15, -0.1) is 23.4 Å². The molecule has 0 amide bonds. The van der Waals surface area contributed by atoms with E-state index in [0.29, 0.717) is 17.7 Å². The van der Waals surface area contributed by atoms with Crippen molar-refractivity contribution in [3.8, 4) is 28.7 Å². The van der Waals surface area contributed by atoms with Gasteiger partial charge in [-0.2, -0.15) is 13.2 Å². The van der Waals surface area contributed by atoms with Crippen molar-refractivity contribution in [2.75, 3.05) is 38.1 Å². The van der Waals surface area contributed by atoms with Gasteiger partial charge in [0.25, 0.3) is 5.56 Å². The first-order valence-electron chi connectivity index (χ1n) is 12.8. The summed E-state index contributed by atoms with van der Waals surface area (Å²) in [5.41, 5.74) is 1.69. The van der Waals surface area contributed by atoms with E-state index in [9.17, 15) is 31.1 Å². The summed E-state index contributed by atoms with van der Waals surface area (Å²) < 4.78 is 80.0. The number of pyridine rings is 2. The van der Waals surface area contributed by atoms with Crippen molar-refractivity contribution in [2.45, 2.75) is 19.1 Å². The van der Waals surface area contributed by atoms with E-state index in [4.69, 9.17) is 14.3 Å². The lowest BCUT2D eigenvalue weighted by atomic mass is 10.2. The van der Waals surface area contributed by atoms with Gasteiger partial charge in [0, 0.05) is 50.2 Å². The molecular weight excluding hydrogens is 602 g/mol. The summed E-state index contributed by atoms with van der Waals surface area (Å²) in [4.78, 5) is 30.4. The third-order valence-corrected chi connectivity index (χ3v) is 6.22. The van der Waals surface area contributed by atoms with Crippen molar-refractivity contribution in [2.24, 2.45) is 0 Å². The molecule has 0 saturated carbocycles. The summed E-state index contributed by atoms with van der Waals surface area (Å²) >= 11 is 0. The molecule has 0 atom stereocenters. The molecule has 0 unspecified atom stereocenters. The fourth-order valence-corrected chi connectivity index (χ4v) is 4.00. The number of aliphatic carboxylic acids is 1. The molecule has 3 aromatic heterocycles. The summed E-state index contributed by atoms with van der Waals surface area (Å²) in [6, 6.07) is 12.0.